The van der Waals surface area contributed by atoms with Crippen LogP contribution >= 0.6 is 0 Å². The highest BCUT2D eigenvalue weighted by Gasteiger charge is 2.12. The van der Waals surface area contributed by atoms with E-state index in [4.69, 9.17) is 18.9 Å². The number of hydrogen-bond acceptors (Lipinski definition) is 7. The van der Waals surface area contributed by atoms with Gasteiger partial charge in [0.05, 0.1) is 19.9 Å². The monoisotopic (exact) mass is 373 g/mol. The minimum Gasteiger partial charge on any atom is -0.497 e. The lowest BCUT2D eigenvalue weighted by Crippen LogP contribution is -2.23. The van der Waals surface area contributed by atoms with Gasteiger partial charge >= 0.3 is 5.97 Å². The van der Waals surface area contributed by atoms with E-state index in [-0.39, 0.29) is 6.61 Å². The van der Waals surface area contributed by atoms with Crippen molar-refractivity contribution in [1.82, 2.24) is 0 Å². The van der Waals surface area contributed by atoms with Crippen LogP contribution in [0.2, 0.25) is 0 Å². The number of carbonyl (C=O) groups excluding carboxylic acids is 3. The molecule has 2 aromatic rings. The Labute approximate surface area is 156 Å². The summed E-state index contributed by atoms with van der Waals surface area (Å²) in [6.07, 6.45) is 0.703. The number of nitrogens with one attached hydrogen (secondary N) is 1. The maximum Gasteiger partial charge on any atom is 0.344 e. The average molecular weight is 373 g/mol. The number of amides is 1. The molecule has 0 spiro atoms. The van der Waals surface area contributed by atoms with Crippen molar-refractivity contribution in [1.29, 1.82) is 0 Å². The molecule has 8 nitrogen and oxygen atoms in total. The molecule has 0 atom stereocenters. The molecule has 0 saturated carbocycles. The Bertz CT molecular complexity index is 802. The number of rotatable bonds is 9. The number of ether oxygens (including phenoxy) is 4. The lowest BCUT2D eigenvalue weighted by molar-refractivity contribution is -0.149. The average Bonchev–Trinajstić information content (AvgIpc) is 2.71. The molecule has 27 heavy (non-hydrogen) atoms. The third-order valence-electron chi connectivity index (χ3n) is 3.42. The predicted octanol–water partition coefficient (Wildman–Crippen LogP) is 2.08. The number of anilines is 1. The van der Waals surface area contributed by atoms with Gasteiger partial charge in [-0.25, -0.2) is 4.79 Å². The van der Waals surface area contributed by atoms with Crippen molar-refractivity contribution in [3.05, 3.63) is 48.0 Å². The zero-order valence-electron chi connectivity index (χ0n) is 14.9. The van der Waals surface area contributed by atoms with E-state index in [1.807, 2.05) is 0 Å². The van der Waals surface area contributed by atoms with Gasteiger partial charge in [0.25, 0.3) is 5.91 Å². The van der Waals surface area contributed by atoms with Crippen molar-refractivity contribution < 1.29 is 33.3 Å². The Morgan fingerprint density at radius 3 is 2.30 bits per heavy atom. The standard InChI is InChI=1S/C19H19NO7/c1-24-15-7-8-16(17(9-15)25-2)20-18(22)11-27-19(23)12-26-14-5-3-13(10-21)4-6-14/h3-10H,11-12H2,1-2H3,(H,20,22). The summed E-state index contributed by atoms with van der Waals surface area (Å²) in [6, 6.07) is 11.1. The second-order valence-corrected chi connectivity index (χ2v) is 5.25. The van der Waals surface area contributed by atoms with Gasteiger partial charge in [0.15, 0.2) is 13.2 Å². The summed E-state index contributed by atoms with van der Waals surface area (Å²) < 4.78 is 20.3. The highest BCUT2D eigenvalue weighted by molar-refractivity contribution is 5.94. The number of aldehydes is 1. The van der Waals surface area contributed by atoms with Gasteiger partial charge < -0.3 is 24.3 Å². The van der Waals surface area contributed by atoms with Gasteiger partial charge in [-0.2, -0.15) is 0 Å². The molecule has 0 aliphatic heterocycles. The van der Waals surface area contributed by atoms with Crippen LogP contribution in [0, 0.1) is 0 Å². The van der Waals surface area contributed by atoms with E-state index in [1.165, 1.54) is 14.2 Å². The van der Waals surface area contributed by atoms with Gasteiger partial charge in [-0.3, -0.25) is 9.59 Å². The zero-order chi connectivity index (χ0) is 19.6. The molecular formula is C19H19NO7. The second kappa shape index (κ2) is 9.81. The first-order valence-electron chi connectivity index (χ1n) is 7.91. The number of methoxy groups -OCH3 is 2. The minimum absolute atomic E-state index is 0.362. The molecule has 0 bridgehead atoms. The highest BCUT2D eigenvalue weighted by Crippen LogP contribution is 2.28. The molecule has 0 heterocycles. The van der Waals surface area contributed by atoms with E-state index in [1.54, 1.807) is 42.5 Å². The Balaban J connectivity index is 1.79. The van der Waals surface area contributed by atoms with Crippen LogP contribution in [0.4, 0.5) is 5.69 Å². The SMILES string of the molecule is COc1ccc(NC(=O)COC(=O)COc2ccc(C=O)cc2)c(OC)c1. The third-order valence-corrected chi connectivity index (χ3v) is 3.42. The summed E-state index contributed by atoms with van der Waals surface area (Å²) in [5.74, 6) is 0.171. The predicted molar refractivity (Wildman–Crippen MR) is 96.5 cm³/mol. The van der Waals surface area contributed by atoms with E-state index in [2.05, 4.69) is 5.32 Å². The smallest absolute Gasteiger partial charge is 0.344 e. The molecule has 0 unspecified atom stereocenters. The van der Waals surface area contributed by atoms with Gasteiger partial charge in [-0.1, -0.05) is 0 Å². The van der Waals surface area contributed by atoms with Crippen LogP contribution < -0.4 is 19.5 Å². The molecule has 8 heteroatoms. The molecule has 0 aromatic heterocycles. The number of benzene rings is 2. The van der Waals surface area contributed by atoms with Crippen molar-refractivity contribution in [3.8, 4) is 17.2 Å². The van der Waals surface area contributed by atoms with Crippen LogP contribution in [0.15, 0.2) is 42.5 Å². The molecule has 2 rings (SSSR count). The minimum atomic E-state index is -0.702. The summed E-state index contributed by atoms with van der Waals surface area (Å²) in [6.45, 7) is -0.832. The molecule has 0 radical (unpaired) electrons. The van der Waals surface area contributed by atoms with Crippen LogP contribution in [-0.4, -0.2) is 45.6 Å². The van der Waals surface area contributed by atoms with E-state index >= 15 is 0 Å². The first-order valence-corrected chi connectivity index (χ1v) is 7.91. The van der Waals surface area contributed by atoms with Crippen LogP contribution in [0.1, 0.15) is 10.4 Å². The second-order valence-electron chi connectivity index (χ2n) is 5.25. The summed E-state index contributed by atoms with van der Waals surface area (Å²) in [5, 5.41) is 2.58. The van der Waals surface area contributed by atoms with Crippen LogP contribution in [0.25, 0.3) is 0 Å². The molecule has 0 aliphatic carbocycles. The largest absolute Gasteiger partial charge is 0.497 e. The van der Waals surface area contributed by atoms with Gasteiger partial charge in [-0.15, -0.1) is 0 Å². The van der Waals surface area contributed by atoms with Gasteiger partial charge in [0.2, 0.25) is 0 Å². The molecule has 142 valence electrons. The number of esters is 1. The normalized spacial score (nSPS) is 9.85. The van der Waals surface area contributed by atoms with Crippen molar-refractivity contribution in [2.24, 2.45) is 0 Å². The molecule has 0 fully saturated rings. The molecule has 0 saturated heterocycles. The van der Waals surface area contributed by atoms with Crippen molar-refractivity contribution >= 4 is 23.9 Å². The maximum atomic E-state index is 11.9. The Hall–Kier alpha value is -3.55. The molecule has 1 N–H and O–H groups in total. The third kappa shape index (κ3) is 6.03. The quantitative estimate of drug-likeness (QED) is 0.530. The fourth-order valence-corrected chi connectivity index (χ4v) is 2.06. The van der Waals surface area contributed by atoms with Gasteiger partial charge in [0.1, 0.15) is 23.5 Å². The number of hydrogen-bond donors (Lipinski definition) is 1. The summed E-state index contributed by atoms with van der Waals surface area (Å²) in [5.41, 5.74) is 0.918. The van der Waals surface area contributed by atoms with Gasteiger partial charge in [0, 0.05) is 11.6 Å². The maximum absolute atomic E-state index is 11.9. The fraction of sp³-hybridized carbons (Fsp3) is 0.211. The van der Waals surface area contributed by atoms with Crippen molar-refractivity contribution in [3.63, 3.8) is 0 Å². The van der Waals surface area contributed by atoms with Crippen LogP contribution in [0.3, 0.4) is 0 Å². The Morgan fingerprint density at radius 1 is 0.963 bits per heavy atom. The first-order chi connectivity index (χ1) is 13.0. The lowest BCUT2D eigenvalue weighted by Gasteiger charge is -2.12. The first kappa shape index (κ1) is 19.8. The fourth-order valence-electron chi connectivity index (χ4n) is 2.06. The van der Waals surface area contributed by atoms with Gasteiger partial charge in [-0.05, 0) is 36.4 Å². The summed E-state index contributed by atoms with van der Waals surface area (Å²) >= 11 is 0. The summed E-state index contributed by atoms with van der Waals surface area (Å²) in [7, 11) is 2.98. The van der Waals surface area contributed by atoms with Crippen LogP contribution in [-0.2, 0) is 14.3 Å². The highest BCUT2D eigenvalue weighted by atomic mass is 16.6. The van der Waals surface area contributed by atoms with Crippen LogP contribution in [0.5, 0.6) is 17.2 Å². The number of carbonyl (C=O) groups is 3. The molecule has 1 amide bonds. The van der Waals surface area contributed by atoms with E-state index in [0.29, 0.717) is 34.8 Å². The molecule has 2 aromatic carbocycles. The Kier molecular flexibility index (Phi) is 7.18. The molecule has 0 aliphatic rings. The van der Waals surface area contributed by atoms with Crippen molar-refractivity contribution in [2.75, 3.05) is 32.8 Å². The van der Waals surface area contributed by atoms with Crippen molar-refractivity contribution in [2.45, 2.75) is 0 Å². The summed E-state index contributed by atoms with van der Waals surface area (Å²) in [4.78, 5) is 34.2. The zero-order valence-corrected chi connectivity index (χ0v) is 14.9. The van der Waals surface area contributed by atoms with E-state index < -0.39 is 18.5 Å². The lowest BCUT2D eigenvalue weighted by atomic mass is 10.2. The Morgan fingerprint density at radius 2 is 1.67 bits per heavy atom. The van der Waals surface area contributed by atoms with E-state index in [9.17, 15) is 14.4 Å². The van der Waals surface area contributed by atoms with E-state index in [0.717, 1.165) is 0 Å². The topological polar surface area (TPSA) is 100 Å². The molecular weight excluding hydrogens is 354 g/mol.